The Labute approximate surface area is 130 Å². The summed E-state index contributed by atoms with van der Waals surface area (Å²) in [6.07, 6.45) is 5.64. The maximum atomic E-state index is 3.80. The van der Waals surface area contributed by atoms with Crippen molar-refractivity contribution in [3.05, 3.63) is 34.9 Å². The maximum Gasteiger partial charge on any atom is 0.00967 e. The Kier molecular flexibility index (Phi) is 3.68. The van der Waals surface area contributed by atoms with E-state index in [4.69, 9.17) is 0 Å². The smallest absolute Gasteiger partial charge is 0.00967 e. The fourth-order valence-corrected chi connectivity index (χ4v) is 4.20. The highest BCUT2D eigenvalue weighted by Crippen LogP contribution is 2.60. The summed E-state index contributed by atoms with van der Waals surface area (Å²) in [6.45, 7) is 12.5. The van der Waals surface area contributed by atoms with E-state index in [2.05, 4.69) is 58.1 Å². The van der Waals surface area contributed by atoms with Crippen molar-refractivity contribution in [2.45, 2.75) is 65.8 Å². The van der Waals surface area contributed by atoms with Gasteiger partial charge in [0.1, 0.15) is 0 Å². The van der Waals surface area contributed by atoms with Crippen molar-refractivity contribution < 1.29 is 0 Å². The van der Waals surface area contributed by atoms with Crippen LogP contribution in [0.5, 0.6) is 0 Å². The van der Waals surface area contributed by atoms with E-state index < -0.39 is 0 Å². The van der Waals surface area contributed by atoms with E-state index in [0.29, 0.717) is 5.41 Å². The van der Waals surface area contributed by atoms with Crippen LogP contribution in [0.3, 0.4) is 0 Å². The standard InChI is InChI=1S/C20H31N/c1-14-6-7-15(2)16(8-14)10-20(13-21-19(3,4)5)11-17-9-18(17)12-20/h6-8,17-18,21H,9-13H2,1-5H3. The van der Waals surface area contributed by atoms with Gasteiger partial charge in [0.25, 0.3) is 0 Å². The molecule has 3 rings (SSSR count). The zero-order chi connectivity index (χ0) is 15.3. The molecule has 2 aliphatic carbocycles. The second-order valence-corrected chi connectivity index (χ2v) is 8.87. The van der Waals surface area contributed by atoms with Crippen molar-refractivity contribution in [2.24, 2.45) is 17.3 Å². The van der Waals surface area contributed by atoms with Gasteiger partial charge in [-0.25, -0.2) is 0 Å². The predicted molar refractivity (Wildman–Crippen MR) is 90.6 cm³/mol. The van der Waals surface area contributed by atoms with Gasteiger partial charge in [-0.15, -0.1) is 0 Å². The van der Waals surface area contributed by atoms with Crippen LogP contribution in [0, 0.1) is 31.1 Å². The third-order valence-electron chi connectivity index (χ3n) is 5.52. The number of rotatable bonds is 4. The monoisotopic (exact) mass is 285 g/mol. The van der Waals surface area contributed by atoms with E-state index in [1.54, 1.807) is 5.56 Å². The lowest BCUT2D eigenvalue weighted by atomic mass is 9.76. The molecule has 0 amide bonds. The van der Waals surface area contributed by atoms with Crippen LogP contribution in [0.25, 0.3) is 0 Å². The molecule has 2 atom stereocenters. The summed E-state index contributed by atoms with van der Waals surface area (Å²) in [7, 11) is 0. The molecule has 0 bridgehead atoms. The highest BCUT2D eigenvalue weighted by atomic mass is 15.0. The fraction of sp³-hybridized carbons (Fsp3) is 0.700. The fourth-order valence-electron chi connectivity index (χ4n) is 4.20. The van der Waals surface area contributed by atoms with Crippen molar-refractivity contribution in [3.63, 3.8) is 0 Å². The number of aryl methyl sites for hydroxylation is 2. The van der Waals surface area contributed by atoms with E-state index >= 15 is 0 Å². The third-order valence-corrected chi connectivity index (χ3v) is 5.52. The van der Waals surface area contributed by atoms with Crippen LogP contribution in [-0.2, 0) is 6.42 Å². The summed E-state index contributed by atoms with van der Waals surface area (Å²) in [5, 5.41) is 3.80. The molecule has 0 radical (unpaired) electrons. The lowest BCUT2D eigenvalue weighted by molar-refractivity contribution is 0.222. The molecular formula is C20H31N. The van der Waals surface area contributed by atoms with Gasteiger partial charge in [-0.05, 0) is 88.7 Å². The van der Waals surface area contributed by atoms with Gasteiger partial charge in [0.05, 0.1) is 0 Å². The molecule has 2 fully saturated rings. The van der Waals surface area contributed by atoms with Crippen LogP contribution in [0.4, 0.5) is 0 Å². The number of fused-ring (bicyclic) bond motifs is 1. The van der Waals surface area contributed by atoms with Gasteiger partial charge in [0.2, 0.25) is 0 Å². The average molecular weight is 285 g/mol. The molecule has 0 spiro atoms. The van der Waals surface area contributed by atoms with Gasteiger partial charge in [0.15, 0.2) is 0 Å². The number of benzene rings is 1. The Morgan fingerprint density at radius 3 is 2.43 bits per heavy atom. The van der Waals surface area contributed by atoms with Gasteiger partial charge < -0.3 is 5.32 Å². The second-order valence-electron chi connectivity index (χ2n) is 8.87. The molecular weight excluding hydrogens is 254 g/mol. The minimum atomic E-state index is 0.224. The van der Waals surface area contributed by atoms with Crippen molar-refractivity contribution in [2.75, 3.05) is 6.54 Å². The molecule has 2 aliphatic rings. The van der Waals surface area contributed by atoms with E-state index in [1.165, 1.54) is 43.4 Å². The number of nitrogens with one attached hydrogen (secondary N) is 1. The van der Waals surface area contributed by atoms with Crippen molar-refractivity contribution in [1.29, 1.82) is 0 Å². The molecule has 2 saturated carbocycles. The molecule has 116 valence electrons. The van der Waals surface area contributed by atoms with Crippen LogP contribution in [0.2, 0.25) is 0 Å². The van der Waals surface area contributed by atoms with Crippen molar-refractivity contribution in [1.82, 2.24) is 5.32 Å². The molecule has 0 aromatic heterocycles. The first-order valence-corrected chi connectivity index (χ1v) is 8.58. The molecule has 1 aromatic carbocycles. The van der Waals surface area contributed by atoms with Crippen LogP contribution >= 0.6 is 0 Å². The zero-order valence-corrected chi connectivity index (χ0v) is 14.4. The van der Waals surface area contributed by atoms with Gasteiger partial charge >= 0.3 is 0 Å². The Hall–Kier alpha value is -0.820. The van der Waals surface area contributed by atoms with Crippen LogP contribution in [0.1, 0.15) is 56.7 Å². The van der Waals surface area contributed by atoms with E-state index in [0.717, 1.165) is 11.8 Å². The van der Waals surface area contributed by atoms with E-state index in [-0.39, 0.29) is 5.54 Å². The van der Waals surface area contributed by atoms with Crippen LogP contribution < -0.4 is 5.32 Å². The average Bonchev–Trinajstić information content (AvgIpc) is 2.99. The summed E-state index contributed by atoms with van der Waals surface area (Å²) < 4.78 is 0. The summed E-state index contributed by atoms with van der Waals surface area (Å²) in [5.41, 5.74) is 5.17. The Balaban J connectivity index is 1.78. The van der Waals surface area contributed by atoms with Gasteiger partial charge in [-0.1, -0.05) is 23.8 Å². The number of hydrogen-bond donors (Lipinski definition) is 1. The van der Waals surface area contributed by atoms with Gasteiger partial charge in [-0.2, -0.15) is 0 Å². The zero-order valence-electron chi connectivity index (χ0n) is 14.4. The van der Waals surface area contributed by atoms with E-state index in [1.807, 2.05) is 0 Å². The second kappa shape index (κ2) is 5.12. The molecule has 0 saturated heterocycles. The molecule has 1 aromatic rings. The largest absolute Gasteiger partial charge is 0.312 e. The summed E-state index contributed by atoms with van der Waals surface area (Å²) in [5.74, 6) is 2.08. The first-order valence-electron chi connectivity index (χ1n) is 8.58. The molecule has 0 heterocycles. The third kappa shape index (κ3) is 3.51. The van der Waals surface area contributed by atoms with E-state index in [9.17, 15) is 0 Å². The highest BCUT2D eigenvalue weighted by molar-refractivity contribution is 5.32. The van der Waals surface area contributed by atoms with Gasteiger partial charge in [-0.3, -0.25) is 0 Å². The molecule has 1 heteroatoms. The van der Waals surface area contributed by atoms with Crippen molar-refractivity contribution in [3.8, 4) is 0 Å². The Morgan fingerprint density at radius 1 is 1.14 bits per heavy atom. The first kappa shape index (κ1) is 15.1. The van der Waals surface area contributed by atoms with Crippen LogP contribution in [-0.4, -0.2) is 12.1 Å². The molecule has 1 nitrogen and oxygen atoms in total. The molecule has 0 aliphatic heterocycles. The first-order chi connectivity index (χ1) is 9.76. The quantitative estimate of drug-likeness (QED) is 0.849. The number of hydrogen-bond acceptors (Lipinski definition) is 1. The van der Waals surface area contributed by atoms with Gasteiger partial charge in [0, 0.05) is 12.1 Å². The minimum Gasteiger partial charge on any atom is -0.312 e. The molecule has 2 unspecified atom stereocenters. The lowest BCUT2D eigenvalue weighted by Crippen LogP contribution is -2.44. The summed E-state index contributed by atoms with van der Waals surface area (Å²) in [4.78, 5) is 0. The predicted octanol–water partition coefficient (Wildman–Crippen LogP) is 4.65. The molecule has 1 N–H and O–H groups in total. The Bertz CT molecular complexity index is 513. The topological polar surface area (TPSA) is 12.0 Å². The lowest BCUT2D eigenvalue weighted by Gasteiger charge is -2.35. The van der Waals surface area contributed by atoms with Crippen molar-refractivity contribution >= 4 is 0 Å². The Morgan fingerprint density at radius 2 is 1.81 bits per heavy atom. The summed E-state index contributed by atoms with van der Waals surface area (Å²) >= 11 is 0. The minimum absolute atomic E-state index is 0.224. The molecule has 21 heavy (non-hydrogen) atoms. The SMILES string of the molecule is Cc1ccc(C)c(CC2(CNC(C)(C)C)CC3CC3C2)c1. The normalized spacial score (nSPS) is 31.3. The highest BCUT2D eigenvalue weighted by Gasteiger charge is 2.53. The summed E-state index contributed by atoms with van der Waals surface area (Å²) in [6, 6.07) is 6.95. The van der Waals surface area contributed by atoms with Crippen LogP contribution in [0.15, 0.2) is 18.2 Å². The maximum absolute atomic E-state index is 3.80.